The van der Waals surface area contributed by atoms with Gasteiger partial charge in [-0.3, -0.25) is 4.79 Å². The van der Waals surface area contributed by atoms with Gasteiger partial charge in [0.25, 0.3) is 5.91 Å². The average Bonchev–Trinajstić information content (AvgIpc) is 2.48. The van der Waals surface area contributed by atoms with E-state index in [2.05, 4.69) is 0 Å². The maximum absolute atomic E-state index is 12.4. The summed E-state index contributed by atoms with van der Waals surface area (Å²) >= 11 is 0. The first-order chi connectivity index (χ1) is 8.54. The SMILES string of the molecule is CN(CC(O)CO)C(=O)C1=CC(C)(C)N(O)C1(C)C. The molecule has 19 heavy (non-hydrogen) atoms. The fourth-order valence-electron chi connectivity index (χ4n) is 2.41. The predicted molar refractivity (Wildman–Crippen MR) is 70.6 cm³/mol. The topological polar surface area (TPSA) is 84.2 Å². The molecule has 1 atom stereocenters. The van der Waals surface area contributed by atoms with Crippen molar-refractivity contribution in [3.63, 3.8) is 0 Å². The van der Waals surface area contributed by atoms with E-state index in [-0.39, 0.29) is 12.5 Å². The summed E-state index contributed by atoms with van der Waals surface area (Å²) in [6.07, 6.45) is 0.772. The second kappa shape index (κ2) is 5.20. The molecule has 1 amide bonds. The minimum atomic E-state index is -0.961. The number of hydroxylamine groups is 2. The van der Waals surface area contributed by atoms with Gasteiger partial charge in [-0.15, -0.1) is 0 Å². The number of carbonyl (C=O) groups is 1. The van der Waals surface area contributed by atoms with E-state index in [0.717, 1.165) is 5.06 Å². The monoisotopic (exact) mass is 272 g/mol. The van der Waals surface area contributed by atoms with Gasteiger partial charge in [0.1, 0.15) is 0 Å². The highest BCUT2D eigenvalue weighted by Gasteiger charge is 2.48. The summed E-state index contributed by atoms with van der Waals surface area (Å²) in [7, 11) is 1.56. The summed E-state index contributed by atoms with van der Waals surface area (Å²) in [6.45, 7) is 6.82. The Bertz CT molecular complexity index is 390. The highest BCUT2D eigenvalue weighted by atomic mass is 16.5. The molecule has 1 unspecified atom stereocenters. The number of rotatable bonds is 4. The highest BCUT2D eigenvalue weighted by Crippen LogP contribution is 2.38. The van der Waals surface area contributed by atoms with Crippen molar-refractivity contribution in [1.29, 1.82) is 0 Å². The second-order valence-electron chi connectivity index (χ2n) is 6.10. The Labute approximate surface area is 113 Å². The van der Waals surface area contributed by atoms with Crippen LogP contribution in [0.25, 0.3) is 0 Å². The third kappa shape index (κ3) is 2.97. The van der Waals surface area contributed by atoms with Gasteiger partial charge in [-0.05, 0) is 27.7 Å². The molecule has 0 aromatic rings. The van der Waals surface area contributed by atoms with Gasteiger partial charge in [0.05, 0.1) is 23.8 Å². The van der Waals surface area contributed by atoms with E-state index >= 15 is 0 Å². The van der Waals surface area contributed by atoms with Crippen molar-refractivity contribution in [2.24, 2.45) is 0 Å². The van der Waals surface area contributed by atoms with Crippen molar-refractivity contribution in [2.75, 3.05) is 20.2 Å². The third-order valence-electron chi connectivity index (χ3n) is 3.50. The number of likely N-dealkylation sites (N-methyl/N-ethyl adjacent to an activating group) is 1. The van der Waals surface area contributed by atoms with Crippen LogP contribution < -0.4 is 0 Å². The maximum atomic E-state index is 12.4. The smallest absolute Gasteiger partial charge is 0.251 e. The number of aliphatic hydroxyl groups excluding tert-OH is 2. The predicted octanol–water partition coefficient (Wildman–Crippen LogP) is -0.0136. The van der Waals surface area contributed by atoms with Gasteiger partial charge in [0, 0.05) is 19.2 Å². The van der Waals surface area contributed by atoms with Gasteiger partial charge >= 0.3 is 0 Å². The summed E-state index contributed by atoms with van der Waals surface area (Å²) in [4.78, 5) is 13.7. The van der Waals surface area contributed by atoms with E-state index in [9.17, 15) is 15.1 Å². The van der Waals surface area contributed by atoms with Crippen LogP contribution in [0, 0.1) is 0 Å². The first kappa shape index (κ1) is 16.1. The van der Waals surface area contributed by atoms with Gasteiger partial charge in [-0.1, -0.05) is 6.08 Å². The minimum Gasteiger partial charge on any atom is -0.394 e. The molecular formula is C13H24N2O4. The Morgan fingerprint density at radius 2 is 1.95 bits per heavy atom. The van der Waals surface area contributed by atoms with Crippen molar-refractivity contribution in [3.05, 3.63) is 11.6 Å². The summed E-state index contributed by atoms with van der Waals surface area (Å²) in [5.41, 5.74) is -0.933. The normalized spacial score (nSPS) is 23.1. The molecule has 1 aliphatic rings. The lowest BCUT2D eigenvalue weighted by Crippen LogP contribution is -2.50. The summed E-state index contributed by atoms with van der Waals surface area (Å²) in [5.74, 6) is -0.262. The first-order valence-corrected chi connectivity index (χ1v) is 6.31. The van der Waals surface area contributed by atoms with Crippen LogP contribution in [0.15, 0.2) is 11.6 Å². The van der Waals surface area contributed by atoms with Crippen molar-refractivity contribution in [1.82, 2.24) is 9.96 Å². The molecule has 0 saturated heterocycles. The Morgan fingerprint density at radius 1 is 1.42 bits per heavy atom. The van der Waals surface area contributed by atoms with E-state index in [1.807, 2.05) is 13.8 Å². The minimum absolute atomic E-state index is 0.0502. The molecule has 6 heteroatoms. The maximum Gasteiger partial charge on any atom is 0.251 e. The largest absolute Gasteiger partial charge is 0.394 e. The molecule has 110 valence electrons. The Hall–Kier alpha value is -0.950. The highest BCUT2D eigenvalue weighted by molar-refractivity contribution is 5.96. The number of aliphatic hydroxyl groups is 2. The van der Waals surface area contributed by atoms with E-state index in [1.54, 1.807) is 27.0 Å². The molecule has 0 saturated carbocycles. The summed E-state index contributed by atoms with van der Waals surface area (Å²) in [5, 5.41) is 29.5. The van der Waals surface area contributed by atoms with Gasteiger partial charge in [-0.2, -0.15) is 5.06 Å². The van der Waals surface area contributed by atoms with Crippen LogP contribution >= 0.6 is 0 Å². The third-order valence-corrected chi connectivity index (χ3v) is 3.50. The van der Waals surface area contributed by atoms with E-state index in [4.69, 9.17) is 5.11 Å². The molecule has 0 radical (unpaired) electrons. The number of carbonyl (C=O) groups excluding carboxylic acids is 1. The lowest BCUT2D eigenvalue weighted by Gasteiger charge is -2.36. The molecule has 1 heterocycles. The zero-order valence-corrected chi connectivity index (χ0v) is 12.2. The van der Waals surface area contributed by atoms with Crippen molar-refractivity contribution in [3.8, 4) is 0 Å². The Morgan fingerprint density at radius 3 is 2.32 bits per heavy atom. The van der Waals surface area contributed by atoms with E-state index in [1.165, 1.54) is 4.90 Å². The molecule has 0 fully saturated rings. The molecule has 0 aliphatic carbocycles. The van der Waals surface area contributed by atoms with Crippen LogP contribution in [0.4, 0.5) is 0 Å². The zero-order chi connectivity index (χ0) is 15.0. The molecular weight excluding hydrogens is 248 g/mol. The zero-order valence-electron chi connectivity index (χ0n) is 12.2. The fraction of sp³-hybridized carbons (Fsp3) is 0.769. The Balaban J connectivity index is 2.94. The van der Waals surface area contributed by atoms with Gasteiger partial charge in [0.15, 0.2) is 0 Å². The molecule has 3 N–H and O–H groups in total. The van der Waals surface area contributed by atoms with Crippen molar-refractivity contribution in [2.45, 2.75) is 44.9 Å². The molecule has 0 spiro atoms. The Kier molecular flexibility index (Phi) is 4.41. The van der Waals surface area contributed by atoms with Crippen LogP contribution in [0.5, 0.6) is 0 Å². The number of hydrogen-bond donors (Lipinski definition) is 3. The van der Waals surface area contributed by atoms with Gasteiger partial charge in [-0.25, -0.2) is 0 Å². The van der Waals surface area contributed by atoms with Crippen molar-refractivity contribution < 1.29 is 20.2 Å². The number of nitrogens with zero attached hydrogens (tertiary/aromatic N) is 2. The van der Waals surface area contributed by atoms with Gasteiger partial charge < -0.3 is 20.3 Å². The van der Waals surface area contributed by atoms with Gasteiger partial charge in [0.2, 0.25) is 0 Å². The van der Waals surface area contributed by atoms with E-state index < -0.39 is 23.8 Å². The first-order valence-electron chi connectivity index (χ1n) is 6.31. The van der Waals surface area contributed by atoms with Crippen LogP contribution in [0.3, 0.4) is 0 Å². The van der Waals surface area contributed by atoms with Crippen LogP contribution in [-0.2, 0) is 4.79 Å². The van der Waals surface area contributed by atoms with Crippen molar-refractivity contribution >= 4 is 5.91 Å². The molecule has 1 aliphatic heterocycles. The van der Waals surface area contributed by atoms with Crippen LogP contribution in [0.1, 0.15) is 27.7 Å². The summed E-state index contributed by atoms with van der Waals surface area (Å²) in [6, 6.07) is 0. The van der Waals surface area contributed by atoms with Crippen LogP contribution in [0.2, 0.25) is 0 Å². The number of hydrogen-bond acceptors (Lipinski definition) is 5. The van der Waals surface area contributed by atoms with Crippen LogP contribution in [-0.4, -0.2) is 68.7 Å². The fourth-order valence-corrected chi connectivity index (χ4v) is 2.41. The lowest BCUT2D eigenvalue weighted by molar-refractivity contribution is -0.186. The molecule has 0 aromatic heterocycles. The quantitative estimate of drug-likeness (QED) is 0.670. The molecule has 6 nitrogen and oxygen atoms in total. The molecule has 0 aromatic carbocycles. The molecule has 1 rings (SSSR count). The average molecular weight is 272 g/mol. The standard InChI is InChI=1S/C13H24N2O4/c1-12(2)6-10(13(3,4)15(12)19)11(18)14(5)7-9(17)8-16/h6,9,16-17,19H,7-8H2,1-5H3. The van der Waals surface area contributed by atoms with E-state index in [0.29, 0.717) is 5.57 Å². The second-order valence-corrected chi connectivity index (χ2v) is 6.10. The molecule has 0 bridgehead atoms. The summed E-state index contributed by atoms with van der Waals surface area (Å²) < 4.78 is 0. The lowest BCUT2D eigenvalue weighted by atomic mass is 9.95. The number of amides is 1.